The van der Waals surface area contributed by atoms with Crippen LogP contribution in [0.25, 0.3) is 10.8 Å². The predicted molar refractivity (Wildman–Crippen MR) is 110 cm³/mol. The van der Waals surface area contributed by atoms with Gasteiger partial charge in [-0.15, -0.1) is 0 Å². The molecule has 1 amide bonds. The summed E-state index contributed by atoms with van der Waals surface area (Å²) < 4.78 is 11.0. The number of fused-ring (bicyclic) bond motifs is 1. The Morgan fingerprint density at radius 2 is 1.71 bits per heavy atom. The van der Waals surface area contributed by atoms with Crippen molar-refractivity contribution in [2.75, 3.05) is 38.2 Å². The van der Waals surface area contributed by atoms with Gasteiger partial charge in [-0.05, 0) is 35.0 Å². The zero-order valence-corrected chi connectivity index (χ0v) is 15.8. The standard InChI is InChI=1S/C23H24N2O3/c26-23(17-28-22-10-7-19-3-1-2-4-20(19)15-22)24-21-8-5-18(6-9-21)16-25-11-13-27-14-12-25/h1-10,15H,11-14,16-17H2,(H,24,26)/p+1. The van der Waals surface area contributed by atoms with Crippen LogP contribution in [0.15, 0.2) is 66.7 Å². The first-order valence-electron chi connectivity index (χ1n) is 9.68. The predicted octanol–water partition coefficient (Wildman–Crippen LogP) is 2.27. The van der Waals surface area contributed by atoms with Gasteiger partial charge in [0.2, 0.25) is 0 Å². The van der Waals surface area contributed by atoms with E-state index in [2.05, 4.69) is 23.5 Å². The SMILES string of the molecule is O=C(COc1ccc2ccccc2c1)Nc1ccc(C[NH+]2CCOCC2)cc1. The molecule has 1 aliphatic heterocycles. The number of ether oxygens (including phenoxy) is 2. The van der Waals surface area contributed by atoms with Crippen LogP contribution in [-0.4, -0.2) is 38.8 Å². The van der Waals surface area contributed by atoms with Gasteiger partial charge in [0.05, 0.1) is 13.2 Å². The largest absolute Gasteiger partial charge is 0.484 e. The van der Waals surface area contributed by atoms with Crippen molar-refractivity contribution in [2.24, 2.45) is 0 Å². The number of quaternary nitrogens is 1. The van der Waals surface area contributed by atoms with E-state index in [0.717, 1.165) is 49.3 Å². The average Bonchev–Trinajstić information content (AvgIpc) is 2.74. The van der Waals surface area contributed by atoms with E-state index in [9.17, 15) is 4.79 Å². The van der Waals surface area contributed by atoms with Crippen LogP contribution < -0.4 is 15.0 Å². The molecule has 0 saturated carbocycles. The molecule has 5 nitrogen and oxygen atoms in total. The van der Waals surface area contributed by atoms with Gasteiger partial charge in [0.15, 0.2) is 6.61 Å². The van der Waals surface area contributed by atoms with Gasteiger partial charge in [-0.3, -0.25) is 4.79 Å². The van der Waals surface area contributed by atoms with Crippen LogP contribution in [0.2, 0.25) is 0 Å². The molecular weight excluding hydrogens is 352 g/mol. The Hall–Kier alpha value is -2.89. The molecule has 4 rings (SSSR count). The minimum Gasteiger partial charge on any atom is -0.484 e. The van der Waals surface area contributed by atoms with Crippen molar-refractivity contribution in [1.82, 2.24) is 0 Å². The quantitative estimate of drug-likeness (QED) is 0.693. The number of carbonyl (C=O) groups is 1. The Morgan fingerprint density at radius 1 is 0.964 bits per heavy atom. The lowest BCUT2D eigenvalue weighted by molar-refractivity contribution is -0.921. The molecule has 28 heavy (non-hydrogen) atoms. The fraction of sp³-hybridized carbons (Fsp3) is 0.261. The van der Waals surface area contributed by atoms with Crippen LogP contribution in [-0.2, 0) is 16.1 Å². The van der Waals surface area contributed by atoms with Gasteiger partial charge < -0.3 is 19.7 Å². The lowest BCUT2D eigenvalue weighted by Gasteiger charge is -2.23. The first-order chi connectivity index (χ1) is 13.8. The van der Waals surface area contributed by atoms with Crippen molar-refractivity contribution in [3.05, 3.63) is 72.3 Å². The van der Waals surface area contributed by atoms with Gasteiger partial charge in [0.25, 0.3) is 5.91 Å². The second kappa shape index (κ2) is 8.87. The van der Waals surface area contributed by atoms with Gasteiger partial charge in [0, 0.05) is 11.3 Å². The molecule has 2 N–H and O–H groups in total. The normalized spacial score (nSPS) is 14.7. The van der Waals surface area contributed by atoms with Crippen LogP contribution in [0.1, 0.15) is 5.56 Å². The van der Waals surface area contributed by atoms with E-state index < -0.39 is 0 Å². The lowest BCUT2D eigenvalue weighted by atomic mass is 10.1. The zero-order chi connectivity index (χ0) is 19.2. The molecule has 0 bridgehead atoms. The van der Waals surface area contributed by atoms with Crippen LogP contribution in [0.5, 0.6) is 5.75 Å². The van der Waals surface area contributed by atoms with E-state index in [-0.39, 0.29) is 12.5 Å². The second-order valence-corrected chi connectivity index (χ2v) is 7.08. The van der Waals surface area contributed by atoms with E-state index in [4.69, 9.17) is 9.47 Å². The number of benzene rings is 3. The molecule has 0 aliphatic carbocycles. The molecule has 3 aromatic rings. The fourth-order valence-electron chi connectivity index (χ4n) is 3.43. The molecule has 144 valence electrons. The smallest absolute Gasteiger partial charge is 0.262 e. The molecule has 1 aliphatic rings. The van der Waals surface area contributed by atoms with E-state index in [0.29, 0.717) is 5.75 Å². The summed E-state index contributed by atoms with van der Waals surface area (Å²) in [6, 6.07) is 21.9. The van der Waals surface area contributed by atoms with Crippen molar-refractivity contribution in [3.63, 3.8) is 0 Å². The highest BCUT2D eigenvalue weighted by atomic mass is 16.5. The number of hydrogen-bond donors (Lipinski definition) is 2. The monoisotopic (exact) mass is 377 g/mol. The van der Waals surface area contributed by atoms with Gasteiger partial charge in [-0.1, -0.05) is 42.5 Å². The number of anilines is 1. The number of amides is 1. The maximum Gasteiger partial charge on any atom is 0.262 e. The minimum absolute atomic E-state index is 0.0159. The van der Waals surface area contributed by atoms with E-state index >= 15 is 0 Å². The van der Waals surface area contributed by atoms with Crippen molar-refractivity contribution in [1.29, 1.82) is 0 Å². The van der Waals surface area contributed by atoms with Crippen molar-refractivity contribution >= 4 is 22.4 Å². The molecular formula is C23H25N2O3+. The van der Waals surface area contributed by atoms with E-state index in [1.807, 2.05) is 48.5 Å². The highest BCUT2D eigenvalue weighted by Gasteiger charge is 2.14. The van der Waals surface area contributed by atoms with E-state index in [1.165, 1.54) is 10.5 Å². The van der Waals surface area contributed by atoms with Crippen molar-refractivity contribution in [3.8, 4) is 5.75 Å². The maximum absolute atomic E-state index is 12.2. The number of rotatable bonds is 6. The fourth-order valence-corrected chi connectivity index (χ4v) is 3.43. The summed E-state index contributed by atoms with van der Waals surface area (Å²) in [5.41, 5.74) is 2.05. The molecule has 0 radical (unpaired) electrons. The van der Waals surface area contributed by atoms with Gasteiger partial charge in [-0.2, -0.15) is 0 Å². The van der Waals surface area contributed by atoms with Crippen molar-refractivity contribution in [2.45, 2.75) is 6.54 Å². The molecule has 1 heterocycles. The number of hydrogen-bond acceptors (Lipinski definition) is 3. The zero-order valence-electron chi connectivity index (χ0n) is 15.8. The molecule has 1 saturated heterocycles. The Labute approximate surface area is 164 Å². The molecule has 0 unspecified atom stereocenters. The average molecular weight is 377 g/mol. The first kappa shape index (κ1) is 18.5. The molecule has 0 aromatic heterocycles. The lowest BCUT2D eigenvalue weighted by Crippen LogP contribution is -3.12. The number of morpholine rings is 1. The molecule has 0 atom stereocenters. The molecule has 1 fully saturated rings. The summed E-state index contributed by atoms with van der Waals surface area (Å²) in [6.07, 6.45) is 0. The van der Waals surface area contributed by atoms with Crippen LogP contribution >= 0.6 is 0 Å². The second-order valence-electron chi connectivity index (χ2n) is 7.08. The Balaban J connectivity index is 1.28. The highest BCUT2D eigenvalue weighted by molar-refractivity contribution is 5.92. The summed E-state index contributed by atoms with van der Waals surface area (Å²) in [4.78, 5) is 13.7. The summed E-state index contributed by atoms with van der Waals surface area (Å²) in [6.45, 7) is 4.73. The Bertz CT molecular complexity index is 934. The topological polar surface area (TPSA) is 52.0 Å². The van der Waals surface area contributed by atoms with E-state index in [1.54, 1.807) is 0 Å². The first-order valence-corrected chi connectivity index (χ1v) is 9.68. The van der Waals surface area contributed by atoms with Crippen LogP contribution in [0.3, 0.4) is 0 Å². The van der Waals surface area contributed by atoms with Gasteiger partial charge in [-0.25, -0.2) is 0 Å². The highest BCUT2D eigenvalue weighted by Crippen LogP contribution is 2.20. The van der Waals surface area contributed by atoms with Crippen LogP contribution in [0, 0.1) is 0 Å². The number of nitrogens with one attached hydrogen (secondary N) is 2. The third-order valence-electron chi connectivity index (χ3n) is 4.98. The van der Waals surface area contributed by atoms with Crippen LogP contribution in [0.4, 0.5) is 5.69 Å². The van der Waals surface area contributed by atoms with Crippen molar-refractivity contribution < 1.29 is 19.2 Å². The third kappa shape index (κ3) is 4.88. The van der Waals surface area contributed by atoms with Gasteiger partial charge in [0.1, 0.15) is 25.4 Å². The number of carbonyl (C=O) groups excluding carboxylic acids is 1. The molecule has 3 aromatic carbocycles. The van der Waals surface area contributed by atoms with Gasteiger partial charge >= 0.3 is 0 Å². The summed E-state index contributed by atoms with van der Waals surface area (Å²) in [5.74, 6) is 0.525. The summed E-state index contributed by atoms with van der Waals surface area (Å²) >= 11 is 0. The third-order valence-corrected chi connectivity index (χ3v) is 4.98. The summed E-state index contributed by atoms with van der Waals surface area (Å²) in [5, 5.41) is 5.14. The maximum atomic E-state index is 12.2. The minimum atomic E-state index is -0.167. The molecule has 0 spiro atoms. The summed E-state index contributed by atoms with van der Waals surface area (Å²) in [7, 11) is 0. The molecule has 5 heteroatoms. The Kier molecular flexibility index (Phi) is 5.85. The Morgan fingerprint density at radius 3 is 2.50 bits per heavy atom.